The van der Waals surface area contributed by atoms with Crippen molar-refractivity contribution in [2.75, 3.05) is 40.9 Å². The normalized spacial score (nSPS) is 31.8. The zero-order chi connectivity index (χ0) is 18.7. The predicted molar refractivity (Wildman–Crippen MR) is 113 cm³/mol. The third-order valence-electron chi connectivity index (χ3n) is 7.00. The van der Waals surface area contributed by atoms with Crippen LogP contribution in [0.4, 0.5) is 17.1 Å². The molecule has 2 fully saturated rings. The van der Waals surface area contributed by atoms with E-state index in [0.29, 0.717) is 24.7 Å². The highest BCUT2D eigenvalue weighted by Crippen LogP contribution is 2.57. The van der Waals surface area contributed by atoms with Crippen molar-refractivity contribution in [3.05, 3.63) is 18.2 Å². The number of nitrogens with zero attached hydrogens (tertiary/aromatic N) is 5. The lowest BCUT2D eigenvalue weighted by atomic mass is 10.2. The summed E-state index contributed by atoms with van der Waals surface area (Å²) in [5.41, 5.74) is 4.41. The molecule has 0 aromatic heterocycles. The molecule has 4 heterocycles. The van der Waals surface area contributed by atoms with E-state index in [0.717, 1.165) is 0 Å². The summed E-state index contributed by atoms with van der Waals surface area (Å²) in [6, 6.07) is 8.16. The number of para-hydroxylation sites is 1. The maximum atomic E-state index is 2.77. The Morgan fingerprint density at radius 1 is 0.778 bits per heavy atom. The molecule has 2 unspecified atom stereocenters. The zero-order valence-electron chi connectivity index (χ0n) is 17.4. The fourth-order valence-electron chi connectivity index (χ4n) is 5.88. The third-order valence-corrected chi connectivity index (χ3v) is 7.00. The number of rotatable bonds is 6. The van der Waals surface area contributed by atoms with Gasteiger partial charge in [0.2, 0.25) is 0 Å². The van der Waals surface area contributed by atoms with Gasteiger partial charge in [-0.05, 0) is 38.8 Å². The lowest BCUT2D eigenvalue weighted by Gasteiger charge is -2.40. The summed E-state index contributed by atoms with van der Waals surface area (Å²) in [5, 5.41) is 0. The Morgan fingerprint density at radius 3 is 1.70 bits per heavy atom. The number of hydrogen-bond acceptors (Lipinski definition) is 5. The van der Waals surface area contributed by atoms with E-state index in [4.69, 9.17) is 0 Å². The highest BCUT2D eigenvalue weighted by atomic mass is 15.7. The van der Waals surface area contributed by atoms with Gasteiger partial charge in [0, 0.05) is 38.3 Å². The first-order valence-electron chi connectivity index (χ1n) is 11.1. The third kappa shape index (κ3) is 2.37. The van der Waals surface area contributed by atoms with Crippen molar-refractivity contribution in [2.24, 2.45) is 0 Å². The Hall–Kier alpha value is -1.46. The van der Waals surface area contributed by atoms with Crippen molar-refractivity contribution in [2.45, 2.75) is 78.0 Å². The summed E-state index contributed by atoms with van der Waals surface area (Å²) in [6.45, 7) is 14.2. The van der Waals surface area contributed by atoms with E-state index in [1.165, 1.54) is 68.9 Å². The standard InChI is InChI=1S/C22H35N5/c1-5-7-12-23-14-16(3)25-18-10-9-11-19-20(18)27(21(23)25)22-24(13-8-6-2)15-17(4)26(19)22/h9-11,16-17,21-22H,5-8,12-15H2,1-4H3/t16-,17+,21?,22?. The molecule has 0 saturated carbocycles. The second kappa shape index (κ2) is 6.56. The van der Waals surface area contributed by atoms with E-state index in [2.05, 4.69) is 70.4 Å². The lowest BCUT2D eigenvalue weighted by molar-refractivity contribution is 0.185. The van der Waals surface area contributed by atoms with E-state index >= 15 is 0 Å². The lowest BCUT2D eigenvalue weighted by Crippen LogP contribution is -2.59. The Morgan fingerprint density at radius 2 is 1.26 bits per heavy atom. The molecule has 1 aromatic carbocycles. The van der Waals surface area contributed by atoms with Crippen LogP contribution in [0.2, 0.25) is 0 Å². The molecule has 0 aliphatic carbocycles. The second-order valence-corrected chi connectivity index (χ2v) is 8.95. The van der Waals surface area contributed by atoms with Crippen LogP contribution in [0.25, 0.3) is 0 Å². The van der Waals surface area contributed by atoms with E-state index in [1.54, 1.807) is 0 Å². The molecule has 5 rings (SSSR count). The summed E-state index contributed by atoms with van der Waals surface area (Å²) < 4.78 is 0. The average Bonchev–Trinajstić information content (AvgIpc) is 3.36. The van der Waals surface area contributed by atoms with Crippen LogP contribution >= 0.6 is 0 Å². The topological polar surface area (TPSA) is 16.2 Å². The monoisotopic (exact) mass is 369 g/mol. The number of benzene rings is 1. The van der Waals surface area contributed by atoms with Crippen molar-refractivity contribution in [3.8, 4) is 0 Å². The first-order valence-corrected chi connectivity index (χ1v) is 11.1. The van der Waals surface area contributed by atoms with Crippen molar-refractivity contribution >= 4 is 17.1 Å². The molecule has 1 aromatic rings. The molecule has 0 amide bonds. The van der Waals surface area contributed by atoms with Gasteiger partial charge < -0.3 is 14.7 Å². The van der Waals surface area contributed by atoms with Gasteiger partial charge in [-0.3, -0.25) is 9.80 Å². The smallest absolute Gasteiger partial charge is 0.163 e. The van der Waals surface area contributed by atoms with E-state index in [9.17, 15) is 0 Å². The summed E-state index contributed by atoms with van der Waals surface area (Å²) in [6.07, 6.45) is 5.91. The van der Waals surface area contributed by atoms with Crippen LogP contribution in [0.15, 0.2) is 18.2 Å². The summed E-state index contributed by atoms with van der Waals surface area (Å²) >= 11 is 0. The summed E-state index contributed by atoms with van der Waals surface area (Å²) in [7, 11) is 0. The molecule has 27 heavy (non-hydrogen) atoms. The van der Waals surface area contributed by atoms with Gasteiger partial charge in [-0.15, -0.1) is 0 Å². The Labute approximate surface area is 164 Å². The van der Waals surface area contributed by atoms with Gasteiger partial charge in [0.25, 0.3) is 0 Å². The molecule has 4 aliphatic heterocycles. The maximum Gasteiger partial charge on any atom is 0.163 e. The molecule has 4 aliphatic rings. The molecule has 5 nitrogen and oxygen atoms in total. The van der Waals surface area contributed by atoms with Crippen molar-refractivity contribution < 1.29 is 0 Å². The van der Waals surface area contributed by atoms with Gasteiger partial charge in [0.15, 0.2) is 12.6 Å². The largest absolute Gasteiger partial charge is 0.333 e. The van der Waals surface area contributed by atoms with Gasteiger partial charge in [0.05, 0.1) is 17.1 Å². The van der Waals surface area contributed by atoms with Crippen molar-refractivity contribution in [1.82, 2.24) is 9.80 Å². The molecule has 0 bridgehead atoms. The van der Waals surface area contributed by atoms with E-state index in [1.807, 2.05) is 0 Å². The van der Waals surface area contributed by atoms with E-state index < -0.39 is 0 Å². The fourth-order valence-corrected chi connectivity index (χ4v) is 5.88. The molecule has 5 heteroatoms. The Balaban J connectivity index is 1.56. The van der Waals surface area contributed by atoms with Gasteiger partial charge in [-0.25, -0.2) is 0 Å². The van der Waals surface area contributed by atoms with Gasteiger partial charge in [0.1, 0.15) is 0 Å². The van der Waals surface area contributed by atoms with Crippen LogP contribution in [0.3, 0.4) is 0 Å². The van der Waals surface area contributed by atoms with Gasteiger partial charge in [-0.1, -0.05) is 32.8 Å². The molecule has 2 saturated heterocycles. The molecule has 0 radical (unpaired) electrons. The maximum absolute atomic E-state index is 2.77. The predicted octanol–water partition coefficient (Wildman–Crippen LogP) is 3.71. The van der Waals surface area contributed by atoms with Gasteiger partial charge in [-0.2, -0.15) is 0 Å². The van der Waals surface area contributed by atoms with Crippen LogP contribution < -0.4 is 14.7 Å². The van der Waals surface area contributed by atoms with Crippen LogP contribution in [0.1, 0.15) is 53.4 Å². The molecule has 0 N–H and O–H groups in total. The highest BCUT2D eigenvalue weighted by molar-refractivity contribution is 5.94. The molecule has 0 spiro atoms. The summed E-state index contributed by atoms with van der Waals surface area (Å²) in [4.78, 5) is 13.6. The molecular weight excluding hydrogens is 334 g/mol. The average molecular weight is 370 g/mol. The Kier molecular flexibility index (Phi) is 4.28. The van der Waals surface area contributed by atoms with Crippen LogP contribution in [0, 0.1) is 0 Å². The fraction of sp³-hybridized carbons (Fsp3) is 0.727. The van der Waals surface area contributed by atoms with E-state index in [-0.39, 0.29) is 0 Å². The Bertz CT molecular complexity index is 652. The van der Waals surface area contributed by atoms with Crippen molar-refractivity contribution in [3.63, 3.8) is 0 Å². The number of hydrogen-bond donors (Lipinski definition) is 0. The molecule has 4 atom stereocenters. The minimum Gasteiger partial charge on any atom is -0.333 e. The molecule has 148 valence electrons. The number of anilines is 3. The number of unbranched alkanes of at least 4 members (excludes halogenated alkanes) is 2. The minimum absolute atomic E-state index is 0.395. The summed E-state index contributed by atoms with van der Waals surface area (Å²) in [5.74, 6) is 0. The second-order valence-electron chi connectivity index (χ2n) is 8.95. The quantitative estimate of drug-likeness (QED) is 0.758. The highest BCUT2D eigenvalue weighted by Gasteiger charge is 2.58. The first kappa shape index (κ1) is 17.6. The number of fused-ring (bicyclic) bond motifs is 6. The minimum atomic E-state index is 0.395. The first-order chi connectivity index (χ1) is 13.2. The van der Waals surface area contributed by atoms with Crippen LogP contribution in [-0.4, -0.2) is 60.6 Å². The zero-order valence-corrected chi connectivity index (χ0v) is 17.4. The van der Waals surface area contributed by atoms with Crippen molar-refractivity contribution in [1.29, 1.82) is 0 Å². The van der Waals surface area contributed by atoms with Crippen LogP contribution in [-0.2, 0) is 0 Å². The SMILES string of the molecule is CCCCN1C[C@@H](C)N2c3cccc4c3N(C12)C1N(CCCC)C[C@H](C)N41. The van der Waals surface area contributed by atoms with Gasteiger partial charge >= 0.3 is 0 Å². The van der Waals surface area contributed by atoms with Crippen LogP contribution in [0.5, 0.6) is 0 Å². The molecular formula is C22H35N5.